The zero-order chi connectivity index (χ0) is 17.5. The Labute approximate surface area is 140 Å². The summed E-state index contributed by atoms with van der Waals surface area (Å²) >= 11 is 0. The molecule has 0 aliphatic heterocycles. The first-order valence-electron chi connectivity index (χ1n) is 8.86. The molecule has 0 amide bonds. The van der Waals surface area contributed by atoms with Crippen LogP contribution in [0.1, 0.15) is 84.5 Å². The summed E-state index contributed by atoms with van der Waals surface area (Å²) in [5.74, 6) is 5.13. The number of Topliss-reactive ketones (excluding diaryl/α,β-unsaturated/α-hetero) is 1. The van der Waals surface area contributed by atoms with Gasteiger partial charge in [0.2, 0.25) is 0 Å². The van der Waals surface area contributed by atoms with E-state index in [-0.39, 0.29) is 18.1 Å². The molecule has 0 aromatic heterocycles. The zero-order valence-corrected chi connectivity index (χ0v) is 14.6. The molecule has 0 aliphatic rings. The first-order valence-corrected chi connectivity index (χ1v) is 8.86. The molecule has 0 aliphatic carbocycles. The van der Waals surface area contributed by atoms with Crippen LogP contribution in [0.3, 0.4) is 0 Å². The van der Waals surface area contributed by atoms with Crippen LogP contribution in [0.5, 0.6) is 0 Å². The number of hydrogen-bond acceptors (Lipinski definition) is 3. The van der Waals surface area contributed by atoms with Crippen LogP contribution in [0.2, 0.25) is 0 Å². The van der Waals surface area contributed by atoms with Gasteiger partial charge in [0.25, 0.3) is 0 Å². The van der Waals surface area contributed by atoms with Crippen molar-refractivity contribution < 1.29 is 19.8 Å². The van der Waals surface area contributed by atoms with Crippen LogP contribution in [-0.4, -0.2) is 28.1 Å². The largest absolute Gasteiger partial charge is 0.481 e. The molecule has 0 bridgehead atoms. The summed E-state index contributed by atoms with van der Waals surface area (Å²) in [4.78, 5) is 22.0. The standard InChI is InChI=1S/C19H32O4/c1-3-4-7-13-18(21)14-10-12-17(16(2)20)11-8-5-6-9-15-19(22)23/h17-18,21H,3-9,11-13,15H2,1-2H3,(H,22,23)/t17-,18?/m0/s1. The third-order valence-corrected chi connectivity index (χ3v) is 3.97. The van der Waals surface area contributed by atoms with Gasteiger partial charge in [-0.2, -0.15) is 0 Å². The van der Waals surface area contributed by atoms with Crippen molar-refractivity contribution in [1.29, 1.82) is 0 Å². The van der Waals surface area contributed by atoms with E-state index in [2.05, 4.69) is 18.8 Å². The van der Waals surface area contributed by atoms with Crippen LogP contribution in [0.25, 0.3) is 0 Å². The van der Waals surface area contributed by atoms with Gasteiger partial charge in [0, 0.05) is 18.8 Å². The minimum absolute atomic E-state index is 0.0650. The first kappa shape index (κ1) is 21.7. The van der Waals surface area contributed by atoms with Crippen molar-refractivity contribution in [2.24, 2.45) is 5.92 Å². The summed E-state index contributed by atoms with van der Waals surface area (Å²) in [6, 6.07) is 0. The number of carboxylic acid groups (broad SMARTS) is 1. The van der Waals surface area contributed by atoms with E-state index in [4.69, 9.17) is 5.11 Å². The Kier molecular flexibility index (Phi) is 13.4. The first-order chi connectivity index (χ1) is 11.0. The predicted molar refractivity (Wildman–Crippen MR) is 92.1 cm³/mol. The summed E-state index contributed by atoms with van der Waals surface area (Å²) < 4.78 is 0. The van der Waals surface area contributed by atoms with Gasteiger partial charge in [0.1, 0.15) is 11.9 Å². The molecule has 0 fully saturated rings. The second-order valence-electron chi connectivity index (χ2n) is 6.19. The van der Waals surface area contributed by atoms with Gasteiger partial charge >= 0.3 is 5.97 Å². The molecule has 23 heavy (non-hydrogen) atoms. The fraction of sp³-hybridized carbons (Fsp3) is 0.789. The van der Waals surface area contributed by atoms with Crippen LogP contribution < -0.4 is 0 Å². The van der Waals surface area contributed by atoms with Crippen LogP contribution in [0.15, 0.2) is 0 Å². The summed E-state index contributed by atoms with van der Waals surface area (Å²) in [6.45, 7) is 3.71. The average molecular weight is 324 g/mol. The van der Waals surface area contributed by atoms with Crippen molar-refractivity contribution in [2.75, 3.05) is 0 Å². The quantitative estimate of drug-likeness (QED) is 0.397. The van der Waals surface area contributed by atoms with Crippen LogP contribution in [0, 0.1) is 17.8 Å². The number of rotatable bonds is 13. The van der Waals surface area contributed by atoms with Crippen molar-refractivity contribution in [2.45, 2.75) is 90.6 Å². The second kappa shape index (κ2) is 14.3. The maximum absolute atomic E-state index is 11.6. The molecule has 4 nitrogen and oxygen atoms in total. The minimum atomic E-state index is -0.751. The van der Waals surface area contributed by atoms with Gasteiger partial charge in [-0.25, -0.2) is 0 Å². The van der Waals surface area contributed by atoms with Crippen LogP contribution in [0.4, 0.5) is 0 Å². The Balaban J connectivity index is 3.94. The predicted octanol–water partition coefficient (Wildman–Crippen LogP) is 3.95. The topological polar surface area (TPSA) is 74.6 Å². The number of carbonyl (C=O) groups is 2. The zero-order valence-electron chi connectivity index (χ0n) is 14.6. The summed E-state index contributed by atoms with van der Waals surface area (Å²) in [5, 5.41) is 18.3. The van der Waals surface area contributed by atoms with Gasteiger partial charge in [-0.15, -0.1) is 0 Å². The molecule has 0 heterocycles. The number of carbonyl (C=O) groups excluding carboxylic acids is 1. The molecule has 0 rings (SSSR count). The number of carboxylic acids is 1. The highest BCUT2D eigenvalue weighted by atomic mass is 16.4. The fourth-order valence-electron chi connectivity index (χ4n) is 2.43. The Morgan fingerprint density at radius 2 is 1.65 bits per heavy atom. The normalized spacial score (nSPS) is 13.0. The molecule has 0 saturated carbocycles. The summed E-state index contributed by atoms with van der Waals surface area (Å²) in [5.41, 5.74) is 0. The van der Waals surface area contributed by atoms with Gasteiger partial charge in [-0.3, -0.25) is 9.59 Å². The highest BCUT2D eigenvalue weighted by Gasteiger charge is 2.12. The molecule has 0 aromatic rings. The molecule has 0 spiro atoms. The molecular weight excluding hydrogens is 292 g/mol. The van der Waals surface area contributed by atoms with E-state index >= 15 is 0 Å². The molecule has 2 atom stereocenters. The third kappa shape index (κ3) is 14.0. The van der Waals surface area contributed by atoms with Gasteiger partial charge in [0.05, 0.1) is 0 Å². The molecule has 2 N–H and O–H groups in total. The number of unbranched alkanes of at least 4 members (excludes halogenated alkanes) is 5. The van der Waals surface area contributed by atoms with E-state index in [1.165, 1.54) is 0 Å². The lowest BCUT2D eigenvalue weighted by Gasteiger charge is -2.10. The van der Waals surface area contributed by atoms with Gasteiger partial charge < -0.3 is 10.2 Å². The number of hydrogen-bond donors (Lipinski definition) is 2. The van der Waals surface area contributed by atoms with Gasteiger partial charge in [-0.05, 0) is 32.6 Å². The lowest BCUT2D eigenvalue weighted by molar-refractivity contribution is -0.137. The van der Waals surface area contributed by atoms with Crippen molar-refractivity contribution in [3.63, 3.8) is 0 Å². The highest BCUT2D eigenvalue weighted by molar-refractivity contribution is 5.78. The fourth-order valence-corrected chi connectivity index (χ4v) is 2.43. The highest BCUT2D eigenvalue weighted by Crippen LogP contribution is 2.16. The Morgan fingerprint density at radius 1 is 1.00 bits per heavy atom. The lowest BCUT2D eigenvalue weighted by atomic mass is 9.94. The SMILES string of the molecule is CCCCCC(O)C#CC[C@H](CCCCCCC(=O)O)C(C)=O. The van der Waals surface area contributed by atoms with E-state index in [1.54, 1.807) is 6.92 Å². The van der Waals surface area contributed by atoms with E-state index < -0.39 is 12.1 Å². The van der Waals surface area contributed by atoms with Gasteiger partial charge in [-0.1, -0.05) is 50.9 Å². The monoisotopic (exact) mass is 324 g/mol. The number of aliphatic hydroxyl groups excluding tert-OH is 1. The molecule has 1 unspecified atom stereocenters. The molecule has 0 aromatic carbocycles. The Bertz CT molecular complexity index is 392. The van der Waals surface area contributed by atoms with Crippen LogP contribution in [-0.2, 0) is 9.59 Å². The Hall–Kier alpha value is -1.34. The van der Waals surface area contributed by atoms with Crippen molar-refractivity contribution in [3.8, 4) is 11.8 Å². The Morgan fingerprint density at radius 3 is 2.26 bits per heavy atom. The maximum Gasteiger partial charge on any atom is 0.303 e. The molecule has 132 valence electrons. The third-order valence-electron chi connectivity index (χ3n) is 3.97. The minimum Gasteiger partial charge on any atom is -0.481 e. The van der Waals surface area contributed by atoms with E-state index in [9.17, 15) is 14.7 Å². The van der Waals surface area contributed by atoms with E-state index in [0.717, 1.165) is 44.9 Å². The smallest absolute Gasteiger partial charge is 0.303 e. The molecular formula is C19H32O4. The molecule has 4 heteroatoms. The second-order valence-corrected chi connectivity index (χ2v) is 6.19. The van der Waals surface area contributed by atoms with Crippen molar-refractivity contribution in [1.82, 2.24) is 0 Å². The summed E-state index contributed by atoms with van der Waals surface area (Å²) in [7, 11) is 0. The van der Waals surface area contributed by atoms with Gasteiger partial charge in [0.15, 0.2) is 0 Å². The number of aliphatic hydroxyl groups is 1. The molecule has 0 saturated heterocycles. The van der Waals surface area contributed by atoms with Crippen molar-refractivity contribution in [3.05, 3.63) is 0 Å². The van der Waals surface area contributed by atoms with E-state index in [1.807, 2.05) is 0 Å². The lowest BCUT2D eigenvalue weighted by Crippen LogP contribution is -2.10. The van der Waals surface area contributed by atoms with Crippen molar-refractivity contribution >= 4 is 11.8 Å². The van der Waals surface area contributed by atoms with E-state index in [0.29, 0.717) is 19.3 Å². The maximum atomic E-state index is 11.6. The summed E-state index contributed by atoms with van der Waals surface area (Å²) in [6.07, 6.45) is 8.32. The van der Waals surface area contributed by atoms with Crippen LogP contribution >= 0.6 is 0 Å². The average Bonchev–Trinajstić information content (AvgIpc) is 2.48. The molecule has 0 radical (unpaired) electrons. The number of ketones is 1. The number of aliphatic carboxylic acids is 1.